The number of hydrogen-bond acceptors (Lipinski definition) is 6. The minimum Gasteiger partial charge on any atom is -0.489 e. The number of carbonyl (C=O) groups is 1. The maximum Gasteiger partial charge on any atom is 0.306 e. The highest BCUT2D eigenvalue weighted by Gasteiger charge is 2.24. The molecule has 1 aliphatic heterocycles. The van der Waals surface area contributed by atoms with Gasteiger partial charge in [-0.3, -0.25) is 4.79 Å². The smallest absolute Gasteiger partial charge is 0.306 e. The zero-order valence-electron chi connectivity index (χ0n) is 17.1. The molecule has 0 N–H and O–H groups in total. The number of carbonyl (C=O) groups excluding carboxylic acids is 1. The van der Waals surface area contributed by atoms with Crippen LogP contribution in [-0.2, 0) is 24.1 Å². The van der Waals surface area contributed by atoms with E-state index in [9.17, 15) is 17.6 Å². The van der Waals surface area contributed by atoms with Gasteiger partial charge in [-0.2, -0.15) is 0 Å². The van der Waals surface area contributed by atoms with Crippen LogP contribution in [0, 0.1) is 0 Å². The van der Waals surface area contributed by atoms with Gasteiger partial charge in [-0.05, 0) is 69.9 Å². The first kappa shape index (κ1) is 23.3. The molecule has 8 heteroatoms. The van der Waals surface area contributed by atoms with Gasteiger partial charge in [-0.1, -0.05) is 0 Å². The molecule has 0 spiro atoms. The van der Waals surface area contributed by atoms with Gasteiger partial charge in [0.1, 0.15) is 18.0 Å². The zero-order chi connectivity index (χ0) is 21.5. The SMILES string of the molecule is CC(C)(C)OC(=O)CC/C(=C\F)COc1ccc(S(=O)(=O)CC2CCCO2)cc1. The van der Waals surface area contributed by atoms with Gasteiger partial charge in [0, 0.05) is 13.0 Å². The summed E-state index contributed by atoms with van der Waals surface area (Å²) in [6.45, 7) is 5.87. The molecule has 1 aliphatic rings. The van der Waals surface area contributed by atoms with Crippen molar-refractivity contribution in [1.82, 2.24) is 0 Å². The summed E-state index contributed by atoms with van der Waals surface area (Å²) in [5, 5.41) is 0. The fourth-order valence-electron chi connectivity index (χ4n) is 2.85. The molecular formula is C21H29FO6S. The van der Waals surface area contributed by atoms with Crippen LogP contribution < -0.4 is 4.74 Å². The van der Waals surface area contributed by atoms with E-state index in [0.717, 1.165) is 12.8 Å². The Morgan fingerprint density at radius 2 is 1.93 bits per heavy atom. The minimum atomic E-state index is -3.43. The van der Waals surface area contributed by atoms with Crippen LogP contribution in [0.15, 0.2) is 41.1 Å². The maximum absolute atomic E-state index is 13.1. The molecule has 1 aromatic carbocycles. The van der Waals surface area contributed by atoms with Gasteiger partial charge in [-0.25, -0.2) is 12.8 Å². The molecule has 6 nitrogen and oxygen atoms in total. The average Bonchev–Trinajstić information content (AvgIpc) is 3.13. The number of sulfone groups is 1. The maximum atomic E-state index is 13.1. The summed E-state index contributed by atoms with van der Waals surface area (Å²) in [6.07, 6.45) is 2.03. The van der Waals surface area contributed by atoms with Crippen LogP contribution in [0.3, 0.4) is 0 Å². The molecule has 1 fully saturated rings. The van der Waals surface area contributed by atoms with Gasteiger partial charge in [-0.15, -0.1) is 0 Å². The molecule has 162 valence electrons. The third-order valence-electron chi connectivity index (χ3n) is 4.26. The molecule has 1 unspecified atom stereocenters. The summed E-state index contributed by atoms with van der Waals surface area (Å²) in [7, 11) is -3.43. The molecule has 29 heavy (non-hydrogen) atoms. The van der Waals surface area contributed by atoms with Gasteiger partial charge < -0.3 is 14.2 Å². The normalized spacial score (nSPS) is 17.9. The van der Waals surface area contributed by atoms with Gasteiger partial charge in [0.2, 0.25) is 0 Å². The van der Waals surface area contributed by atoms with E-state index >= 15 is 0 Å². The Morgan fingerprint density at radius 3 is 2.48 bits per heavy atom. The molecular weight excluding hydrogens is 399 g/mol. The summed E-state index contributed by atoms with van der Waals surface area (Å²) in [5.41, 5.74) is -0.273. The number of hydrogen-bond donors (Lipinski definition) is 0. The largest absolute Gasteiger partial charge is 0.489 e. The van der Waals surface area contributed by atoms with E-state index in [0.29, 0.717) is 24.3 Å². The molecule has 0 amide bonds. The third kappa shape index (κ3) is 8.14. The van der Waals surface area contributed by atoms with E-state index in [1.807, 2.05) is 0 Å². The Labute approximate surface area is 172 Å². The fraction of sp³-hybridized carbons (Fsp3) is 0.571. The fourth-order valence-corrected chi connectivity index (χ4v) is 4.34. The lowest BCUT2D eigenvalue weighted by Crippen LogP contribution is -2.23. The van der Waals surface area contributed by atoms with Gasteiger partial charge >= 0.3 is 5.97 Å². The van der Waals surface area contributed by atoms with Gasteiger partial charge in [0.25, 0.3) is 0 Å². The number of esters is 1. The number of ether oxygens (including phenoxy) is 3. The van der Waals surface area contributed by atoms with E-state index in [2.05, 4.69) is 0 Å². The van der Waals surface area contributed by atoms with Crippen LogP contribution in [0.4, 0.5) is 4.39 Å². The highest BCUT2D eigenvalue weighted by atomic mass is 32.2. The Kier molecular flexibility index (Phi) is 8.22. The summed E-state index contributed by atoms with van der Waals surface area (Å²) in [5.74, 6) is -0.0255. The molecule has 1 heterocycles. The van der Waals surface area contributed by atoms with Crippen LogP contribution in [0.1, 0.15) is 46.5 Å². The second-order valence-corrected chi connectivity index (χ2v) is 10.1. The van der Waals surface area contributed by atoms with Crippen molar-refractivity contribution in [2.75, 3.05) is 19.0 Å². The summed E-state index contributed by atoms with van der Waals surface area (Å²) >= 11 is 0. The van der Waals surface area contributed by atoms with Crippen molar-refractivity contribution in [3.8, 4) is 5.75 Å². The monoisotopic (exact) mass is 428 g/mol. The second-order valence-electron chi connectivity index (χ2n) is 8.03. The van der Waals surface area contributed by atoms with E-state index in [4.69, 9.17) is 14.2 Å². The molecule has 1 saturated heterocycles. The van der Waals surface area contributed by atoms with Crippen molar-refractivity contribution in [3.63, 3.8) is 0 Å². The molecule has 0 bridgehead atoms. The molecule has 1 aromatic rings. The molecule has 0 aliphatic carbocycles. The summed E-state index contributed by atoms with van der Waals surface area (Å²) in [4.78, 5) is 11.9. The molecule has 2 rings (SSSR count). The average molecular weight is 429 g/mol. The highest BCUT2D eigenvalue weighted by molar-refractivity contribution is 7.91. The van der Waals surface area contributed by atoms with Crippen molar-refractivity contribution in [2.45, 2.75) is 63.1 Å². The number of benzene rings is 1. The first-order chi connectivity index (χ1) is 13.6. The van der Waals surface area contributed by atoms with Crippen molar-refractivity contribution in [1.29, 1.82) is 0 Å². The molecule has 1 atom stereocenters. The predicted molar refractivity (Wildman–Crippen MR) is 107 cm³/mol. The van der Waals surface area contributed by atoms with Crippen LogP contribution in [0.5, 0.6) is 5.75 Å². The lowest BCUT2D eigenvalue weighted by atomic mass is 10.1. The van der Waals surface area contributed by atoms with Crippen molar-refractivity contribution in [3.05, 3.63) is 36.2 Å². The molecule has 0 aromatic heterocycles. The Morgan fingerprint density at radius 1 is 1.24 bits per heavy atom. The summed E-state index contributed by atoms with van der Waals surface area (Å²) < 4.78 is 54.1. The van der Waals surface area contributed by atoms with Crippen LogP contribution >= 0.6 is 0 Å². The predicted octanol–water partition coefficient (Wildman–Crippen LogP) is 3.99. The number of halogens is 1. The Hall–Kier alpha value is -1.93. The van der Waals surface area contributed by atoms with Crippen molar-refractivity contribution >= 4 is 15.8 Å². The second kappa shape index (κ2) is 10.2. The van der Waals surface area contributed by atoms with E-state index < -0.39 is 21.4 Å². The van der Waals surface area contributed by atoms with E-state index in [1.165, 1.54) is 24.3 Å². The van der Waals surface area contributed by atoms with Crippen molar-refractivity contribution in [2.24, 2.45) is 0 Å². The van der Waals surface area contributed by atoms with Crippen LogP contribution in [0.25, 0.3) is 0 Å². The van der Waals surface area contributed by atoms with Crippen LogP contribution in [0.2, 0.25) is 0 Å². The quantitative estimate of drug-likeness (QED) is 0.554. The third-order valence-corrected chi connectivity index (χ3v) is 6.06. The number of rotatable bonds is 9. The standard InChI is InChI=1S/C21H29FO6S/c1-21(2,3)28-20(23)11-6-16(13-22)14-27-17-7-9-19(10-8-17)29(24,25)15-18-5-4-12-26-18/h7-10,13,18H,4-6,11-12,14-15H2,1-3H3/b16-13+. The zero-order valence-corrected chi connectivity index (χ0v) is 18.0. The van der Waals surface area contributed by atoms with E-state index in [1.54, 1.807) is 20.8 Å². The van der Waals surface area contributed by atoms with Crippen LogP contribution in [-0.4, -0.2) is 45.1 Å². The highest BCUT2D eigenvalue weighted by Crippen LogP contribution is 2.22. The van der Waals surface area contributed by atoms with Gasteiger partial charge in [0.05, 0.1) is 23.1 Å². The first-order valence-corrected chi connectivity index (χ1v) is 11.3. The summed E-state index contributed by atoms with van der Waals surface area (Å²) in [6, 6.07) is 6.01. The van der Waals surface area contributed by atoms with E-state index in [-0.39, 0.29) is 36.2 Å². The Bertz CT molecular complexity index is 803. The lowest BCUT2D eigenvalue weighted by molar-refractivity contribution is -0.154. The van der Waals surface area contributed by atoms with Crippen molar-refractivity contribution < 1.29 is 31.8 Å². The Balaban J connectivity index is 1.84. The first-order valence-electron chi connectivity index (χ1n) is 9.66. The topological polar surface area (TPSA) is 78.9 Å². The van der Waals surface area contributed by atoms with Gasteiger partial charge in [0.15, 0.2) is 9.84 Å². The molecule has 0 radical (unpaired) electrons. The minimum absolute atomic E-state index is 0.0351. The lowest BCUT2D eigenvalue weighted by Gasteiger charge is -2.19. The molecule has 0 saturated carbocycles.